The van der Waals surface area contributed by atoms with Crippen LogP contribution < -0.4 is 16.8 Å². The fourth-order valence-electron chi connectivity index (χ4n) is 3.66. The molecule has 1 aromatic heterocycles. The van der Waals surface area contributed by atoms with Gasteiger partial charge in [0.15, 0.2) is 5.78 Å². The summed E-state index contributed by atoms with van der Waals surface area (Å²) in [6.07, 6.45) is 5.27. The standard InChI is InChI=1S/C25H27N3O3S/c26-23(20-10-12-30-14-20)24(21-11-13-31-15-21)28-25(27)32-16-22(29)19-8-6-18(7-9-19)17-4-2-1-3-5-17/h1-11,13,15,23-25,28H,12,14,16,26-27H2. The number of ketones is 1. The molecule has 32 heavy (non-hydrogen) atoms. The van der Waals surface area contributed by atoms with Gasteiger partial charge < -0.3 is 20.6 Å². The molecule has 0 amide bonds. The Morgan fingerprint density at radius 2 is 1.78 bits per heavy atom. The van der Waals surface area contributed by atoms with Crippen LogP contribution in [0.1, 0.15) is 22.0 Å². The molecule has 0 aliphatic carbocycles. The summed E-state index contributed by atoms with van der Waals surface area (Å²) in [5, 5.41) is 3.34. The summed E-state index contributed by atoms with van der Waals surface area (Å²) in [4.78, 5) is 12.7. The minimum absolute atomic E-state index is 0.0305. The maximum absolute atomic E-state index is 12.7. The van der Waals surface area contributed by atoms with Crippen molar-refractivity contribution in [3.8, 4) is 11.1 Å². The molecule has 0 bridgehead atoms. The monoisotopic (exact) mass is 449 g/mol. The van der Waals surface area contributed by atoms with Crippen molar-refractivity contribution in [2.45, 2.75) is 17.6 Å². The van der Waals surface area contributed by atoms with E-state index in [0.717, 1.165) is 22.3 Å². The molecule has 5 N–H and O–H groups in total. The smallest absolute Gasteiger partial charge is 0.172 e. The Morgan fingerprint density at radius 1 is 1.03 bits per heavy atom. The molecule has 0 saturated heterocycles. The zero-order valence-electron chi connectivity index (χ0n) is 17.6. The zero-order valence-corrected chi connectivity index (χ0v) is 18.5. The third-order valence-electron chi connectivity index (χ3n) is 5.47. The number of carbonyl (C=O) groups excluding carboxylic acids is 1. The third-order valence-corrected chi connectivity index (χ3v) is 6.40. The molecule has 0 saturated carbocycles. The summed E-state index contributed by atoms with van der Waals surface area (Å²) in [6, 6.07) is 19.1. The van der Waals surface area contributed by atoms with Crippen LogP contribution in [0.4, 0.5) is 0 Å². The van der Waals surface area contributed by atoms with Crippen molar-refractivity contribution in [2.24, 2.45) is 11.5 Å². The summed E-state index contributed by atoms with van der Waals surface area (Å²) in [5.41, 5.74) is 17.1. The van der Waals surface area contributed by atoms with E-state index in [0.29, 0.717) is 18.8 Å². The number of nitrogens with two attached hydrogens (primary N) is 2. The van der Waals surface area contributed by atoms with Crippen LogP contribution in [0.2, 0.25) is 0 Å². The van der Waals surface area contributed by atoms with Gasteiger partial charge >= 0.3 is 0 Å². The SMILES string of the molecule is NC(NC(c1ccoc1)C(N)C1=CCOC1)SCC(=O)c1ccc(-c2ccccc2)cc1. The molecular formula is C25H27N3O3S. The van der Waals surface area contributed by atoms with Crippen LogP contribution in [-0.4, -0.2) is 36.3 Å². The molecule has 4 rings (SSSR count). The minimum atomic E-state index is -0.476. The Balaban J connectivity index is 1.34. The number of ether oxygens (including phenoxy) is 1. The summed E-state index contributed by atoms with van der Waals surface area (Å²) >= 11 is 1.35. The Kier molecular flexibility index (Phi) is 7.57. The molecule has 3 unspecified atom stereocenters. The first-order valence-corrected chi connectivity index (χ1v) is 11.5. The van der Waals surface area contributed by atoms with Gasteiger partial charge in [-0.2, -0.15) is 0 Å². The van der Waals surface area contributed by atoms with Crippen LogP contribution in [0.15, 0.2) is 89.3 Å². The average molecular weight is 450 g/mol. The van der Waals surface area contributed by atoms with E-state index in [1.165, 1.54) is 11.8 Å². The highest BCUT2D eigenvalue weighted by atomic mass is 32.2. The maximum Gasteiger partial charge on any atom is 0.172 e. The third kappa shape index (κ3) is 5.56. The van der Waals surface area contributed by atoms with E-state index in [2.05, 4.69) is 5.32 Å². The van der Waals surface area contributed by atoms with Crippen molar-refractivity contribution in [1.29, 1.82) is 0 Å². The lowest BCUT2D eigenvalue weighted by Crippen LogP contribution is -2.46. The van der Waals surface area contributed by atoms with Gasteiger partial charge in [-0.1, -0.05) is 60.7 Å². The highest BCUT2D eigenvalue weighted by Gasteiger charge is 2.27. The number of thioether (sulfide) groups is 1. The van der Waals surface area contributed by atoms with Crippen molar-refractivity contribution < 1.29 is 13.9 Å². The quantitative estimate of drug-likeness (QED) is 0.246. The summed E-state index contributed by atoms with van der Waals surface area (Å²) in [5.74, 6) is 0.292. The van der Waals surface area contributed by atoms with E-state index < -0.39 is 5.50 Å². The van der Waals surface area contributed by atoms with E-state index in [1.807, 2.05) is 66.7 Å². The molecule has 3 aromatic rings. The molecule has 0 radical (unpaired) electrons. The van der Waals surface area contributed by atoms with Crippen LogP contribution in [0, 0.1) is 0 Å². The zero-order chi connectivity index (χ0) is 22.3. The van der Waals surface area contributed by atoms with Crippen molar-refractivity contribution in [3.63, 3.8) is 0 Å². The van der Waals surface area contributed by atoms with Gasteiger partial charge in [-0.15, -0.1) is 11.8 Å². The minimum Gasteiger partial charge on any atom is -0.472 e. The van der Waals surface area contributed by atoms with E-state index in [-0.39, 0.29) is 23.6 Å². The number of furan rings is 1. The van der Waals surface area contributed by atoms with Gasteiger partial charge in [0.1, 0.15) is 5.50 Å². The van der Waals surface area contributed by atoms with Gasteiger partial charge in [0, 0.05) is 17.2 Å². The van der Waals surface area contributed by atoms with Crippen molar-refractivity contribution in [3.05, 3.63) is 96.0 Å². The van der Waals surface area contributed by atoms with Crippen LogP contribution in [0.5, 0.6) is 0 Å². The topological polar surface area (TPSA) is 104 Å². The molecule has 7 heteroatoms. The molecule has 2 heterocycles. The number of hydrogen-bond acceptors (Lipinski definition) is 7. The summed E-state index contributed by atoms with van der Waals surface area (Å²) in [7, 11) is 0. The number of Topliss-reactive ketones (excluding diaryl/α,β-unsaturated/α-hetero) is 1. The summed E-state index contributed by atoms with van der Waals surface area (Å²) < 4.78 is 10.6. The first kappa shape index (κ1) is 22.5. The highest BCUT2D eigenvalue weighted by Crippen LogP contribution is 2.25. The van der Waals surface area contributed by atoms with E-state index in [9.17, 15) is 4.79 Å². The predicted molar refractivity (Wildman–Crippen MR) is 128 cm³/mol. The van der Waals surface area contributed by atoms with E-state index >= 15 is 0 Å². The van der Waals surface area contributed by atoms with Gasteiger partial charge in [-0.25, -0.2) is 0 Å². The normalized spacial score (nSPS) is 16.4. The fourth-order valence-corrected chi connectivity index (χ4v) is 4.40. The lowest BCUT2D eigenvalue weighted by molar-refractivity contribution is 0.102. The number of hydrogen-bond donors (Lipinski definition) is 3. The Hall–Kier alpha value is -2.68. The van der Waals surface area contributed by atoms with Crippen LogP contribution in [-0.2, 0) is 4.74 Å². The van der Waals surface area contributed by atoms with Gasteiger partial charge in [0.2, 0.25) is 0 Å². The van der Waals surface area contributed by atoms with Crippen LogP contribution in [0.3, 0.4) is 0 Å². The molecule has 0 spiro atoms. The molecule has 166 valence electrons. The van der Waals surface area contributed by atoms with Crippen molar-refractivity contribution in [2.75, 3.05) is 19.0 Å². The summed E-state index contributed by atoms with van der Waals surface area (Å²) in [6.45, 7) is 1.08. The Labute approximate surface area is 192 Å². The molecule has 1 aliphatic rings. The van der Waals surface area contributed by atoms with Gasteiger partial charge in [0.25, 0.3) is 0 Å². The average Bonchev–Trinajstić information content (AvgIpc) is 3.56. The molecule has 6 nitrogen and oxygen atoms in total. The van der Waals surface area contributed by atoms with Crippen LogP contribution >= 0.6 is 11.8 Å². The van der Waals surface area contributed by atoms with Gasteiger partial charge in [-0.3, -0.25) is 10.1 Å². The molecule has 1 aliphatic heterocycles. The maximum atomic E-state index is 12.7. The first-order chi connectivity index (χ1) is 15.6. The molecule has 3 atom stereocenters. The second-order valence-corrected chi connectivity index (χ2v) is 8.75. The molecule has 2 aromatic carbocycles. The van der Waals surface area contributed by atoms with Gasteiger partial charge in [0.05, 0.1) is 37.5 Å². The number of nitrogens with one attached hydrogen (secondary N) is 1. The van der Waals surface area contributed by atoms with Gasteiger partial charge in [-0.05, 0) is 22.8 Å². The van der Waals surface area contributed by atoms with E-state index in [4.69, 9.17) is 20.6 Å². The second-order valence-electron chi connectivity index (χ2n) is 7.62. The fraction of sp³-hybridized carbons (Fsp3) is 0.240. The van der Waals surface area contributed by atoms with Crippen molar-refractivity contribution in [1.82, 2.24) is 5.32 Å². The molecule has 0 fully saturated rings. The number of benzene rings is 2. The van der Waals surface area contributed by atoms with Crippen LogP contribution in [0.25, 0.3) is 11.1 Å². The largest absolute Gasteiger partial charge is 0.472 e. The van der Waals surface area contributed by atoms with Crippen molar-refractivity contribution >= 4 is 17.5 Å². The first-order valence-electron chi connectivity index (χ1n) is 10.5. The lowest BCUT2D eigenvalue weighted by atomic mass is 9.96. The second kappa shape index (κ2) is 10.8. The van der Waals surface area contributed by atoms with E-state index in [1.54, 1.807) is 12.5 Å². The Morgan fingerprint density at radius 3 is 2.44 bits per heavy atom. The number of rotatable bonds is 10. The molecular weight excluding hydrogens is 422 g/mol. The Bertz CT molecular complexity index is 1040. The predicted octanol–water partition coefficient (Wildman–Crippen LogP) is 3.72. The highest BCUT2D eigenvalue weighted by molar-refractivity contribution is 8.00. The number of carbonyl (C=O) groups is 1. The lowest BCUT2D eigenvalue weighted by Gasteiger charge is -2.28.